The molecule has 0 aliphatic carbocycles. The second-order valence-electron chi connectivity index (χ2n) is 4.39. The molecule has 1 atom stereocenters. The summed E-state index contributed by atoms with van der Waals surface area (Å²) >= 11 is 2.29. The van der Waals surface area contributed by atoms with E-state index in [0.29, 0.717) is 0 Å². The Morgan fingerprint density at radius 3 is 2.67 bits per heavy atom. The predicted octanol–water partition coefficient (Wildman–Crippen LogP) is 4.47. The highest BCUT2D eigenvalue weighted by Gasteiger charge is 2.04. The largest absolute Gasteiger partial charge is 0.382 e. The van der Waals surface area contributed by atoms with Crippen LogP contribution in [-0.4, -0.2) is 6.04 Å². The predicted molar refractivity (Wildman–Crippen MR) is 82.3 cm³/mol. The summed E-state index contributed by atoms with van der Waals surface area (Å²) in [6.45, 7) is 2.10. The molecule has 1 nitrogen and oxygen atoms in total. The second kappa shape index (κ2) is 6.18. The smallest absolute Gasteiger partial charge is 0.123 e. The van der Waals surface area contributed by atoms with Crippen molar-refractivity contribution in [3.63, 3.8) is 0 Å². The normalized spacial score (nSPS) is 12.2. The van der Waals surface area contributed by atoms with Crippen molar-refractivity contribution in [1.29, 1.82) is 0 Å². The average molecular weight is 355 g/mol. The van der Waals surface area contributed by atoms with Crippen LogP contribution < -0.4 is 5.32 Å². The maximum absolute atomic E-state index is 13.1. The van der Waals surface area contributed by atoms with Gasteiger partial charge >= 0.3 is 0 Å². The van der Waals surface area contributed by atoms with E-state index >= 15 is 0 Å². The third kappa shape index (κ3) is 3.98. The first kappa shape index (κ1) is 13.3. The maximum atomic E-state index is 13.1. The Hall–Kier alpha value is -1.10. The molecule has 2 rings (SSSR count). The summed E-state index contributed by atoms with van der Waals surface area (Å²) in [6, 6.07) is 15.3. The molecule has 94 valence electrons. The molecule has 0 heterocycles. The van der Waals surface area contributed by atoms with Crippen molar-refractivity contribution in [3.8, 4) is 0 Å². The molecule has 2 aromatic rings. The van der Waals surface area contributed by atoms with Gasteiger partial charge in [0.2, 0.25) is 0 Å². The second-order valence-corrected chi connectivity index (χ2v) is 5.64. The minimum atomic E-state index is -0.172. The zero-order chi connectivity index (χ0) is 13.0. The third-order valence-corrected chi connectivity index (χ3v) is 3.34. The van der Waals surface area contributed by atoms with Gasteiger partial charge in [-0.25, -0.2) is 4.39 Å². The van der Waals surface area contributed by atoms with Crippen molar-refractivity contribution in [2.45, 2.75) is 19.4 Å². The lowest BCUT2D eigenvalue weighted by atomic mass is 10.1. The van der Waals surface area contributed by atoms with Crippen LogP contribution in [0.15, 0.2) is 48.5 Å². The molecule has 0 aromatic heterocycles. The van der Waals surface area contributed by atoms with Gasteiger partial charge in [0.15, 0.2) is 0 Å². The summed E-state index contributed by atoms with van der Waals surface area (Å²) in [5.41, 5.74) is 2.12. The molecule has 0 aliphatic heterocycles. The van der Waals surface area contributed by atoms with Gasteiger partial charge < -0.3 is 5.32 Å². The zero-order valence-corrected chi connectivity index (χ0v) is 12.3. The highest BCUT2D eigenvalue weighted by atomic mass is 127. The third-order valence-electron chi connectivity index (χ3n) is 2.67. The Morgan fingerprint density at radius 1 is 1.17 bits per heavy atom. The molecular weight excluding hydrogens is 340 g/mol. The van der Waals surface area contributed by atoms with Gasteiger partial charge in [-0.05, 0) is 71.8 Å². The van der Waals surface area contributed by atoms with E-state index < -0.39 is 0 Å². The van der Waals surface area contributed by atoms with Gasteiger partial charge in [-0.2, -0.15) is 0 Å². The van der Waals surface area contributed by atoms with Gasteiger partial charge in [0.05, 0.1) is 0 Å². The number of anilines is 1. The summed E-state index contributed by atoms with van der Waals surface area (Å²) in [5.74, 6) is -0.172. The standard InChI is InChI=1S/C15H15FIN/c1-11(8-12-4-2-5-13(16)9-12)18-15-7-3-6-14(17)10-15/h2-7,9-11,18H,8H2,1H3. The molecule has 0 saturated carbocycles. The minimum Gasteiger partial charge on any atom is -0.382 e. The van der Waals surface area contributed by atoms with Crippen LogP contribution in [0.5, 0.6) is 0 Å². The van der Waals surface area contributed by atoms with Crippen molar-refractivity contribution in [3.05, 3.63) is 63.5 Å². The van der Waals surface area contributed by atoms with Gasteiger partial charge in [-0.3, -0.25) is 0 Å². The van der Waals surface area contributed by atoms with Gasteiger partial charge in [-0.1, -0.05) is 18.2 Å². The number of hydrogen-bond acceptors (Lipinski definition) is 1. The lowest BCUT2D eigenvalue weighted by Crippen LogP contribution is -2.18. The van der Waals surface area contributed by atoms with E-state index in [-0.39, 0.29) is 11.9 Å². The Balaban J connectivity index is 1.98. The van der Waals surface area contributed by atoms with E-state index in [1.807, 2.05) is 18.2 Å². The number of hydrogen-bond donors (Lipinski definition) is 1. The fourth-order valence-electron chi connectivity index (χ4n) is 1.93. The van der Waals surface area contributed by atoms with Crippen LogP contribution in [0.3, 0.4) is 0 Å². The van der Waals surface area contributed by atoms with E-state index in [1.165, 1.54) is 9.64 Å². The molecule has 1 N–H and O–H groups in total. The summed E-state index contributed by atoms with van der Waals surface area (Å²) < 4.78 is 14.3. The van der Waals surface area contributed by atoms with Gasteiger partial charge in [0.25, 0.3) is 0 Å². The molecule has 0 bridgehead atoms. The Morgan fingerprint density at radius 2 is 1.94 bits per heavy atom. The van der Waals surface area contributed by atoms with Crippen LogP contribution >= 0.6 is 22.6 Å². The summed E-state index contributed by atoms with van der Waals surface area (Å²) in [4.78, 5) is 0. The molecular formula is C15H15FIN. The first-order valence-corrected chi connectivity index (χ1v) is 6.98. The van der Waals surface area contributed by atoms with Crippen molar-refractivity contribution in [1.82, 2.24) is 0 Å². The Kier molecular flexibility index (Phi) is 4.58. The van der Waals surface area contributed by atoms with E-state index in [1.54, 1.807) is 12.1 Å². The van der Waals surface area contributed by atoms with E-state index in [0.717, 1.165) is 17.7 Å². The maximum Gasteiger partial charge on any atom is 0.123 e. The lowest BCUT2D eigenvalue weighted by molar-refractivity contribution is 0.624. The van der Waals surface area contributed by atoms with Crippen LogP contribution in [0.4, 0.5) is 10.1 Å². The fraction of sp³-hybridized carbons (Fsp3) is 0.200. The molecule has 0 aliphatic rings. The number of halogens is 2. The SMILES string of the molecule is CC(Cc1cccc(F)c1)Nc1cccc(I)c1. The van der Waals surface area contributed by atoms with Crippen molar-refractivity contribution in [2.24, 2.45) is 0 Å². The van der Waals surface area contributed by atoms with Crippen molar-refractivity contribution in [2.75, 3.05) is 5.32 Å². The quantitative estimate of drug-likeness (QED) is 0.798. The first-order valence-electron chi connectivity index (χ1n) is 5.90. The average Bonchev–Trinajstić information content (AvgIpc) is 2.28. The molecule has 0 saturated heterocycles. The van der Waals surface area contributed by atoms with Crippen LogP contribution in [0.1, 0.15) is 12.5 Å². The molecule has 3 heteroatoms. The first-order chi connectivity index (χ1) is 8.63. The van der Waals surface area contributed by atoms with Gasteiger partial charge in [0, 0.05) is 15.3 Å². The van der Waals surface area contributed by atoms with E-state index in [9.17, 15) is 4.39 Å². The molecule has 0 radical (unpaired) electrons. The number of rotatable bonds is 4. The highest BCUT2D eigenvalue weighted by molar-refractivity contribution is 14.1. The number of nitrogens with one attached hydrogen (secondary N) is 1. The topological polar surface area (TPSA) is 12.0 Å². The summed E-state index contributed by atoms with van der Waals surface area (Å²) in [5, 5.41) is 3.42. The summed E-state index contributed by atoms with van der Waals surface area (Å²) in [7, 11) is 0. The van der Waals surface area contributed by atoms with Crippen LogP contribution in [0.2, 0.25) is 0 Å². The van der Waals surface area contributed by atoms with Crippen LogP contribution in [0, 0.1) is 9.39 Å². The van der Waals surface area contributed by atoms with E-state index in [2.05, 4.69) is 47.0 Å². The zero-order valence-electron chi connectivity index (χ0n) is 10.2. The minimum absolute atomic E-state index is 0.172. The molecule has 0 amide bonds. The highest BCUT2D eigenvalue weighted by Crippen LogP contribution is 2.15. The number of benzene rings is 2. The van der Waals surface area contributed by atoms with Crippen LogP contribution in [0.25, 0.3) is 0 Å². The molecule has 0 fully saturated rings. The van der Waals surface area contributed by atoms with Crippen LogP contribution in [-0.2, 0) is 6.42 Å². The molecule has 0 spiro atoms. The van der Waals surface area contributed by atoms with E-state index in [4.69, 9.17) is 0 Å². The molecule has 18 heavy (non-hydrogen) atoms. The monoisotopic (exact) mass is 355 g/mol. The van der Waals surface area contributed by atoms with Gasteiger partial charge in [-0.15, -0.1) is 0 Å². The lowest BCUT2D eigenvalue weighted by Gasteiger charge is -2.15. The summed E-state index contributed by atoms with van der Waals surface area (Å²) in [6.07, 6.45) is 0.809. The van der Waals surface area contributed by atoms with Crippen molar-refractivity contribution >= 4 is 28.3 Å². The Labute approximate surface area is 121 Å². The molecule has 1 unspecified atom stereocenters. The Bertz CT molecular complexity index is 480. The fourth-order valence-corrected chi connectivity index (χ4v) is 2.47. The molecule has 2 aromatic carbocycles. The van der Waals surface area contributed by atoms with Gasteiger partial charge in [0.1, 0.15) is 5.82 Å². The van der Waals surface area contributed by atoms with Crippen molar-refractivity contribution < 1.29 is 4.39 Å².